The molecule has 0 amide bonds. The lowest BCUT2D eigenvalue weighted by Gasteiger charge is -2.27. The van der Waals surface area contributed by atoms with E-state index in [4.69, 9.17) is 4.98 Å². The molecule has 1 aliphatic carbocycles. The molecule has 1 N–H and O–H groups in total. The summed E-state index contributed by atoms with van der Waals surface area (Å²) in [6.45, 7) is 5.71. The van der Waals surface area contributed by atoms with Crippen LogP contribution in [0.1, 0.15) is 55.1 Å². The van der Waals surface area contributed by atoms with Crippen molar-refractivity contribution in [3.63, 3.8) is 0 Å². The van der Waals surface area contributed by atoms with E-state index in [2.05, 4.69) is 30.9 Å². The molecular weight excluding hydrogens is 272 g/mol. The number of hydrogen-bond acceptors (Lipinski definition) is 4. The maximum atomic E-state index is 5.03. The molecule has 106 valence electrons. The number of hydrogen-bond donors (Lipinski definition) is 1. The molecule has 1 aromatic heterocycles. The Kier molecular flexibility index (Phi) is 4.20. The number of fused-ring (bicyclic) bond motifs is 1. The van der Waals surface area contributed by atoms with Gasteiger partial charge in [-0.15, -0.1) is 11.3 Å². The molecule has 0 spiro atoms. The first kappa shape index (κ1) is 13.9. The Balaban J connectivity index is 1.88. The molecular formula is C15H24N2S2. The van der Waals surface area contributed by atoms with Crippen LogP contribution in [-0.2, 0) is 18.4 Å². The van der Waals surface area contributed by atoms with Gasteiger partial charge in [-0.3, -0.25) is 0 Å². The van der Waals surface area contributed by atoms with Gasteiger partial charge in [-0.2, -0.15) is 11.8 Å². The van der Waals surface area contributed by atoms with E-state index in [-0.39, 0.29) is 5.54 Å². The van der Waals surface area contributed by atoms with E-state index in [1.54, 1.807) is 4.88 Å². The molecule has 1 aliphatic heterocycles. The van der Waals surface area contributed by atoms with Crippen LogP contribution in [0.25, 0.3) is 0 Å². The molecule has 1 fully saturated rings. The van der Waals surface area contributed by atoms with Gasteiger partial charge in [0.15, 0.2) is 0 Å². The van der Waals surface area contributed by atoms with Crippen molar-refractivity contribution in [2.75, 3.05) is 12.3 Å². The molecule has 19 heavy (non-hydrogen) atoms. The largest absolute Gasteiger partial charge is 0.305 e. The minimum absolute atomic E-state index is 0.169. The summed E-state index contributed by atoms with van der Waals surface area (Å²) in [4.78, 5) is 6.61. The molecule has 1 aromatic rings. The number of aromatic nitrogens is 1. The summed E-state index contributed by atoms with van der Waals surface area (Å²) < 4.78 is 0. The van der Waals surface area contributed by atoms with Crippen LogP contribution < -0.4 is 5.32 Å². The summed E-state index contributed by atoms with van der Waals surface area (Å²) in [5.74, 6) is 1.20. The van der Waals surface area contributed by atoms with E-state index in [1.165, 1.54) is 55.0 Å². The molecule has 0 radical (unpaired) electrons. The normalized spacial score (nSPS) is 30.5. The van der Waals surface area contributed by atoms with Gasteiger partial charge in [0.1, 0.15) is 5.01 Å². The van der Waals surface area contributed by atoms with Crippen LogP contribution in [0.2, 0.25) is 0 Å². The van der Waals surface area contributed by atoms with Gasteiger partial charge >= 0.3 is 0 Å². The van der Waals surface area contributed by atoms with Crippen LogP contribution in [-0.4, -0.2) is 22.5 Å². The lowest BCUT2D eigenvalue weighted by molar-refractivity contribution is 0.362. The third-order valence-corrected chi connectivity index (χ3v) is 6.98. The van der Waals surface area contributed by atoms with E-state index in [0.717, 1.165) is 11.8 Å². The third-order valence-electron chi connectivity index (χ3n) is 4.22. The van der Waals surface area contributed by atoms with Gasteiger partial charge in [0.05, 0.1) is 11.2 Å². The zero-order valence-corrected chi connectivity index (χ0v) is 13.6. The van der Waals surface area contributed by atoms with Gasteiger partial charge in [-0.05, 0) is 45.1 Å². The Morgan fingerprint density at radius 2 is 2.21 bits per heavy atom. The molecule has 2 atom stereocenters. The van der Waals surface area contributed by atoms with Gasteiger partial charge < -0.3 is 5.32 Å². The first-order valence-corrected chi connectivity index (χ1v) is 9.46. The highest BCUT2D eigenvalue weighted by Crippen LogP contribution is 2.44. The summed E-state index contributed by atoms with van der Waals surface area (Å²) in [5.41, 5.74) is 1.58. The first-order valence-electron chi connectivity index (χ1n) is 7.59. The van der Waals surface area contributed by atoms with Crippen LogP contribution in [0, 0.1) is 0 Å². The monoisotopic (exact) mass is 296 g/mol. The van der Waals surface area contributed by atoms with E-state index < -0.39 is 0 Å². The molecule has 2 unspecified atom stereocenters. The molecule has 4 heteroatoms. The van der Waals surface area contributed by atoms with E-state index in [0.29, 0.717) is 0 Å². The van der Waals surface area contributed by atoms with Crippen molar-refractivity contribution < 1.29 is 0 Å². The van der Waals surface area contributed by atoms with Crippen molar-refractivity contribution in [1.82, 2.24) is 10.3 Å². The molecule has 0 aromatic carbocycles. The minimum atomic E-state index is 0.169. The molecule has 2 nitrogen and oxygen atoms in total. The molecule has 1 saturated heterocycles. The maximum absolute atomic E-state index is 5.03. The second-order valence-electron chi connectivity index (χ2n) is 5.93. The average Bonchev–Trinajstić information content (AvgIpc) is 3.01. The lowest BCUT2D eigenvalue weighted by atomic mass is 9.96. The molecule has 3 rings (SSSR count). The van der Waals surface area contributed by atoms with Crippen LogP contribution in [0.5, 0.6) is 0 Å². The number of rotatable bonds is 4. The van der Waals surface area contributed by atoms with Crippen LogP contribution in [0.4, 0.5) is 0 Å². The SMILES string of the molecule is CCCNC1(c2nc3c(s2)CCCC3)CSC(C)C1. The van der Waals surface area contributed by atoms with E-state index in [9.17, 15) is 0 Å². The maximum Gasteiger partial charge on any atom is 0.114 e. The average molecular weight is 297 g/mol. The molecule has 2 heterocycles. The number of thiazole rings is 1. The Hall–Kier alpha value is -0.0600. The van der Waals surface area contributed by atoms with Crippen molar-refractivity contribution in [2.45, 2.75) is 63.2 Å². The van der Waals surface area contributed by atoms with E-state index in [1.807, 2.05) is 11.3 Å². The van der Waals surface area contributed by atoms with Crippen molar-refractivity contribution in [3.05, 3.63) is 15.6 Å². The Bertz CT molecular complexity index is 420. The lowest BCUT2D eigenvalue weighted by Crippen LogP contribution is -2.43. The van der Waals surface area contributed by atoms with Crippen molar-refractivity contribution in [3.8, 4) is 0 Å². The summed E-state index contributed by atoms with van der Waals surface area (Å²) >= 11 is 4.10. The third kappa shape index (κ3) is 2.72. The van der Waals surface area contributed by atoms with E-state index >= 15 is 0 Å². The first-order chi connectivity index (χ1) is 9.23. The number of thioether (sulfide) groups is 1. The van der Waals surface area contributed by atoms with Gasteiger partial charge in [0, 0.05) is 15.9 Å². The Labute approximate surface area is 124 Å². The number of nitrogens with one attached hydrogen (secondary N) is 1. The van der Waals surface area contributed by atoms with Gasteiger partial charge in [-0.1, -0.05) is 13.8 Å². The van der Waals surface area contributed by atoms with Crippen molar-refractivity contribution in [1.29, 1.82) is 0 Å². The Morgan fingerprint density at radius 3 is 2.89 bits per heavy atom. The predicted octanol–water partition coefficient (Wildman–Crippen LogP) is 3.74. The summed E-state index contributed by atoms with van der Waals surface area (Å²) in [6.07, 6.45) is 7.60. The number of aryl methyl sites for hydroxylation is 2. The zero-order valence-electron chi connectivity index (χ0n) is 12.0. The zero-order chi connectivity index (χ0) is 13.3. The van der Waals surface area contributed by atoms with Gasteiger partial charge in [-0.25, -0.2) is 4.98 Å². The fraction of sp³-hybridized carbons (Fsp3) is 0.800. The second-order valence-corrected chi connectivity index (χ2v) is 8.44. The number of nitrogens with zero attached hydrogens (tertiary/aromatic N) is 1. The Morgan fingerprint density at radius 1 is 1.37 bits per heavy atom. The summed E-state index contributed by atoms with van der Waals surface area (Å²) in [5, 5.41) is 5.96. The standard InChI is InChI=1S/C15H24N2S2/c1-3-8-16-15(9-11(2)18-10-15)14-17-12-6-4-5-7-13(12)19-14/h11,16H,3-10H2,1-2H3. The van der Waals surface area contributed by atoms with Crippen LogP contribution >= 0.6 is 23.1 Å². The highest BCUT2D eigenvalue weighted by molar-refractivity contribution is 8.00. The highest BCUT2D eigenvalue weighted by atomic mass is 32.2. The van der Waals surface area contributed by atoms with Crippen molar-refractivity contribution >= 4 is 23.1 Å². The quantitative estimate of drug-likeness (QED) is 0.916. The molecule has 0 saturated carbocycles. The van der Waals surface area contributed by atoms with Crippen LogP contribution in [0.15, 0.2) is 0 Å². The predicted molar refractivity (Wildman–Crippen MR) is 85.3 cm³/mol. The second kappa shape index (κ2) is 5.74. The molecule has 2 aliphatic rings. The topological polar surface area (TPSA) is 24.9 Å². The fourth-order valence-electron chi connectivity index (χ4n) is 3.16. The van der Waals surface area contributed by atoms with Crippen LogP contribution in [0.3, 0.4) is 0 Å². The molecule has 0 bridgehead atoms. The highest BCUT2D eigenvalue weighted by Gasteiger charge is 2.42. The van der Waals surface area contributed by atoms with Crippen molar-refractivity contribution in [2.24, 2.45) is 0 Å². The summed E-state index contributed by atoms with van der Waals surface area (Å²) in [7, 11) is 0. The summed E-state index contributed by atoms with van der Waals surface area (Å²) in [6, 6.07) is 0. The van der Waals surface area contributed by atoms with Gasteiger partial charge in [0.25, 0.3) is 0 Å². The fourth-order valence-corrected chi connectivity index (χ4v) is 5.91. The minimum Gasteiger partial charge on any atom is -0.305 e. The smallest absolute Gasteiger partial charge is 0.114 e. The van der Waals surface area contributed by atoms with Gasteiger partial charge in [0.2, 0.25) is 0 Å².